The van der Waals surface area contributed by atoms with E-state index < -0.39 is 23.8 Å². The van der Waals surface area contributed by atoms with E-state index in [-0.39, 0.29) is 31.3 Å². The molecule has 224 valence electrons. The number of alkyl halides is 2. The Labute approximate surface area is 243 Å². The van der Waals surface area contributed by atoms with Crippen molar-refractivity contribution in [1.29, 1.82) is 0 Å². The van der Waals surface area contributed by atoms with Gasteiger partial charge in [-0.05, 0) is 47.0 Å². The van der Waals surface area contributed by atoms with Crippen molar-refractivity contribution >= 4 is 17.6 Å². The summed E-state index contributed by atoms with van der Waals surface area (Å²) in [5.41, 5.74) is 7.50. The topological polar surface area (TPSA) is 129 Å². The first-order valence-corrected chi connectivity index (χ1v) is 13.2. The first kappa shape index (κ1) is 29.2. The third-order valence-corrected chi connectivity index (χ3v) is 6.77. The van der Waals surface area contributed by atoms with Crippen LogP contribution in [0, 0.1) is 5.82 Å². The maximum Gasteiger partial charge on any atom is 0.387 e. The fourth-order valence-corrected chi connectivity index (χ4v) is 4.56. The number of aromatic nitrogens is 3. The molecule has 14 heteroatoms. The number of ether oxygens (including phenoxy) is 2. The number of benzene rings is 3. The number of halogens is 3. The summed E-state index contributed by atoms with van der Waals surface area (Å²) in [5.74, 6) is 0.488. The van der Waals surface area contributed by atoms with Crippen LogP contribution in [-0.4, -0.2) is 51.8 Å². The maximum atomic E-state index is 13.6. The highest BCUT2D eigenvalue weighted by Crippen LogP contribution is 2.29. The number of aliphatic imine (C=N–C) groups is 1. The lowest BCUT2D eigenvalue weighted by Crippen LogP contribution is -2.44. The number of hydrogen-bond donors (Lipinski definition) is 2. The summed E-state index contributed by atoms with van der Waals surface area (Å²) < 4.78 is 50.4. The molecule has 0 saturated carbocycles. The van der Waals surface area contributed by atoms with E-state index >= 15 is 0 Å². The van der Waals surface area contributed by atoms with Crippen LogP contribution in [0.2, 0.25) is 0 Å². The predicted molar refractivity (Wildman–Crippen MR) is 154 cm³/mol. The first-order valence-electron chi connectivity index (χ1n) is 13.2. The first-order chi connectivity index (χ1) is 20.7. The average Bonchev–Trinajstić information content (AvgIpc) is 2.98. The van der Waals surface area contributed by atoms with E-state index in [0.717, 1.165) is 10.1 Å². The molecule has 0 aliphatic carbocycles. The van der Waals surface area contributed by atoms with Crippen LogP contribution in [0.5, 0.6) is 11.5 Å². The summed E-state index contributed by atoms with van der Waals surface area (Å²) in [6, 6.07) is 16.7. The standard InChI is InChI=1S/C29H28F3N7O4/c1-42-23-11-6-20-17-37(26(33)35-24(20)14-23)13-12-34-27-36-28(40)39(16-18-2-7-21(30)8-3-18)29(41)38(27)15-19-4-9-22(10-5-19)43-25(31)32/h2-11,14,25H,12-13,15-17H2,1H3,(H2,33,35)(H,34,36,40). The van der Waals surface area contributed by atoms with Gasteiger partial charge in [-0.3, -0.25) is 4.57 Å². The molecule has 4 aromatic rings. The molecule has 0 atom stereocenters. The van der Waals surface area contributed by atoms with Gasteiger partial charge in [0.15, 0.2) is 5.96 Å². The molecule has 11 nitrogen and oxygen atoms in total. The van der Waals surface area contributed by atoms with Crippen molar-refractivity contribution in [3.63, 3.8) is 0 Å². The van der Waals surface area contributed by atoms with E-state index in [0.29, 0.717) is 41.6 Å². The van der Waals surface area contributed by atoms with Crippen molar-refractivity contribution < 1.29 is 22.6 Å². The summed E-state index contributed by atoms with van der Waals surface area (Å²) in [4.78, 5) is 37.0. The SMILES string of the molecule is COc1ccc2c(c1)N=C(N)N(CCNc1nc(=O)n(Cc3ccc(F)cc3)c(=O)n1Cc1ccc(OC(F)F)cc1)C2. The molecule has 43 heavy (non-hydrogen) atoms. The smallest absolute Gasteiger partial charge is 0.387 e. The van der Waals surface area contributed by atoms with Crippen molar-refractivity contribution in [2.75, 3.05) is 25.5 Å². The molecule has 1 aromatic heterocycles. The molecule has 0 saturated heterocycles. The second-order valence-corrected chi connectivity index (χ2v) is 9.63. The molecule has 0 spiro atoms. The molecule has 0 bridgehead atoms. The Bertz CT molecular complexity index is 1740. The van der Waals surface area contributed by atoms with Gasteiger partial charge in [0.1, 0.15) is 17.3 Å². The molecule has 0 radical (unpaired) electrons. The van der Waals surface area contributed by atoms with Gasteiger partial charge in [-0.2, -0.15) is 13.8 Å². The molecule has 1 aliphatic heterocycles. The molecule has 3 aromatic carbocycles. The summed E-state index contributed by atoms with van der Waals surface area (Å²) in [5, 5.41) is 3.05. The van der Waals surface area contributed by atoms with Gasteiger partial charge in [-0.15, -0.1) is 0 Å². The van der Waals surface area contributed by atoms with E-state index in [2.05, 4.69) is 20.0 Å². The van der Waals surface area contributed by atoms with E-state index in [9.17, 15) is 22.8 Å². The number of nitrogens with zero attached hydrogens (tertiary/aromatic N) is 5. The molecule has 5 rings (SSSR count). The number of anilines is 1. The number of guanidine groups is 1. The van der Waals surface area contributed by atoms with Gasteiger partial charge in [0.25, 0.3) is 0 Å². The molecule has 0 fully saturated rings. The molecular formula is C29H28F3N7O4. The molecule has 0 amide bonds. The fraction of sp³-hybridized carbons (Fsp3) is 0.241. The second kappa shape index (κ2) is 12.7. The van der Waals surface area contributed by atoms with Crippen molar-refractivity contribution in [2.24, 2.45) is 10.7 Å². The highest BCUT2D eigenvalue weighted by atomic mass is 19.3. The Morgan fingerprint density at radius 2 is 1.60 bits per heavy atom. The third-order valence-electron chi connectivity index (χ3n) is 6.77. The normalized spacial score (nSPS) is 12.6. The van der Waals surface area contributed by atoms with Gasteiger partial charge < -0.3 is 25.4 Å². The molecule has 1 aliphatic rings. The van der Waals surface area contributed by atoms with Crippen molar-refractivity contribution in [3.8, 4) is 11.5 Å². The summed E-state index contributed by atoms with van der Waals surface area (Å²) in [6.45, 7) is -2.03. The minimum absolute atomic E-state index is 0.0101. The van der Waals surface area contributed by atoms with Crippen LogP contribution >= 0.6 is 0 Å². The number of nitrogens with two attached hydrogens (primary N) is 1. The number of fused-ring (bicyclic) bond motifs is 1. The largest absolute Gasteiger partial charge is 0.497 e. The minimum atomic E-state index is -2.97. The molecule has 2 heterocycles. The van der Waals surface area contributed by atoms with Crippen LogP contribution in [0.15, 0.2) is 81.3 Å². The highest BCUT2D eigenvalue weighted by Gasteiger charge is 2.19. The Balaban J connectivity index is 1.38. The molecular weight excluding hydrogens is 567 g/mol. The van der Waals surface area contributed by atoms with Gasteiger partial charge in [0, 0.05) is 25.7 Å². The van der Waals surface area contributed by atoms with Crippen molar-refractivity contribution in [1.82, 2.24) is 19.0 Å². The number of nitrogens with one attached hydrogen (secondary N) is 1. The van der Waals surface area contributed by atoms with Gasteiger partial charge in [-0.1, -0.05) is 30.3 Å². The van der Waals surface area contributed by atoms with Gasteiger partial charge >= 0.3 is 18.0 Å². The lowest BCUT2D eigenvalue weighted by Gasteiger charge is -2.28. The molecule has 0 unspecified atom stereocenters. The second-order valence-electron chi connectivity index (χ2n) is 9.63. The monoisotopic (exact) mass is 595 g/mol. The van der Waals surface area contributed by atoms with E-state index in [1.807, 2.05) is 17.0 Å². The van der Waals surface area contributed by atoms with Crippen molar-refractivity contribution in [2.45, 2.75) is 26.2 Å². The summed E-state index contributed by atoms with van der Waals surface area (Å²) in [6.07, 6.45) is 0. The van der Waals surface area contributed by atoms with E-state index in [1.54, 1.807) is 13.2 Å². The Kier molecular flexibility index (Phi) is 8.64. The van der Waals surface area contributed by atoms with Crippen molar-refractivity contribution in [3.05, 3.63) is 110 Å². The van der Waals surface area contributed by atoms with Gasteiger partial charge in [0.05, 0.1) is 25.9 Å². The average molecular weight is 596 g/mol. The third kappa shape index (κ3) is 6.97. The quantitative estimate of drug-likeness (QED) is 0.271. The van der Waals surface area contributed by atoms with Crippen LogP contribution in [0.25, 0.3) is 0 Å². The lowest BCUT2D eigenvalue weighted by atomic mass is 10.1. The van der Waals surface area contributed by atoms with Crippen LogP contribution in [0.3, 0.4) is 0 Å². The predicted octanol–water partition coefficient (Wildman–Crippen LogP) is 3.12. The minimum Gasteiger partial charge on any atom is -0.497 e. The van der Waals surface area contributed by atoms with Crippen LogP contribution < -0.4 is 31.9 Å². The van der Waals surface area contributed by atoms with E-state index in [4.69, 9.17) is 10.5 Å². The van der Waals surface area contributed by atoms with Gasteiger partial charge in [-0.25, -0.2) is 23.5 Å². The Morgan fingerprint density at radius 1 is 0.953 bits per heavy atom. The zero-order valence-corrected chi connectivity index (χ0v) is 23.0. The lowest BCUT2D eigenvalue weighted by molar-refractivity contribution is -0.0498. The Morgan fingerprint density at radius 3 is 2.28 bits per heavy atom. The fourth-order valence-electron chi connectivity index (χ4n) is 4.56. The zero-order valence-electron chi connectivity index (χ0n) is 23.0. The molecule has 3 N–H and O–H groups in total. The summed E-state index contributed by atoms with van der Waals surface area (Å²) >= 11 is 0. The van der Waals surface area contributed by atoms with Crippen LogP contribution in [0.1, 0.15) is 16.7 Å². The number of methoxy groups -OCH3 is 1. The summed E-state index contributed by atoms with van der Waals surface area (Å²) in [7, 11) is 1.57. The zero-order chi connectivity index (χ0) is 30.5. The highest BCUT2D eigenvalue weighted by molar-refractivity contribution is 5.83. The van der Waals surface area contributed by atoms with Crippen LogP contribution in [0.4, 0.5) is 24.8 Å². The van der Waals surface area contributed by atoms with Gasteiger partial charge in [0.2, 0.25) is 5.95 Å². The maximum absolute atomic E-state index is 13.6. The van der Waals surface area contributed by atoms with Crippen LogP contribution in [-0.2, 0) is 19.6 Å². The number of hydrogen-bond acceptors (Lipinski definition) is 9. The Hall–Kier alpha value is -5.27. The number of rotatable bonds is 11. The van der Waals surface area contributed by atoms with E-state index in [1.165, 1.54) is 53.1 Å².